The van der Waals surface area contributed by atoms with Gasteiger partial charge in [-0.05, 0) is 59.5 Å². The van der Waals surface area contributed by atoms with Gasteiger partial charge in [-0.25, -0.2) is 8.42 Å². The van der Waals surface area contributed by atoms with Crippen LogP contribution in [0, 0.1) is 0 Å². The Morgan fingerprint density at radius 3 is 2.09 bits per heavy atom. The third kappa shape index (κ3) is 4.25. The highest BCUT2D eigenvalue weighted by Gasteiger charge is 2.68. The summed E-state index contributed by atoms with van der Waals surface area (Å²) in [5.41, 5.74) is -0.0766. The molecule has 8 nitrogen and oxygen atoms in total. The van der Waals surface area contributed by atoms with E-state index in [0.717, 1.165) is 5.56 Å². The average molecular weight is 502 g/mol. The molecule has 0 saturated heterocycles. The van der Waals surface area contributed by atoms with E-state index in [9.17, 15) is 33.3 Å². The van der Waals surface area contributed by atoms with Gasteiger partial charge in [-0.1, -0.05) is 48.0 Å². The maximum atomic E-state index is 13.5. The van der Waals surface area contributed by atoms with Crippen molar-refractivity contribution in [2.24, 2.45) is 0 Å². The van der Waals surface area contributed by atoms with E-state index in [0.29, 0.717) is 20.5 Å². The number of benzene rings is 3. The molecule has 0 radical (unpaired) electrons. The number of hydrogen-bond acceptors (Lipinski definition) is 5. The third-order valence-corrected chi connectivity index (χ3v) is 8.07. The van der Waals surface area contributed by atoms with Gasteiger partial charge in [0.05, 0.1) is 4.90 Å². The van der Waals surface area contributed by atoms with Crippen LogP contribution in [0.5, 0.6) is 5.75 Å². The molecule has 1 saturated carbocycles. The quantitative estimate of drug-likeness (QED) is 0.427. The standard InChI is InChI=1S/C24H20ClNO7S/c25-18-8-4-15(5-9-18)16-6-10-20(11-7-16)34(32,33)26(14-22(28)29)24(23(30)31)13-21(24)17-2-1-3-19(27)12-17/h1-12,21,27H,13-14H2,(H,28,29)(H,30,31). The maximum absolute atomic E-state index is 13.5. The summed E-state index contributed by atoms with van der Waals surface area (Å²) in [5.74, 6) is -3.86. The van der Waals surface area contributed by atoms with E-state index in [2.05, 4.69) is 0 Å². The van der Waals surface area contributed by atoms with Gasteiger partial charge in [0.1, 0.15) is 17.8 Å². The number of halogens is 1. The number of aliphatic carboxylic acids is 2. The van der Waals surface area contributed by atoms with E-state index >= 15 is 0 Å². The Hall–Kier alpha value is -3.40. The summed E-state index contributed by atoms with van der Waals surface area (Å²) in [6.07, 6.45) is -0.124. The number of aromatic hydroxyl groups is 1. The first kappa shape index (κ1) is 23.7. The second kappa shape index (κ2) is 8.75. The number of phenols is 1. The van der Waals surface area contributed by atoms with Crippen molar-refractivity contribution in [2.45, 2.75) is 22.8 Å². The predicted molar refractivity (Wildman–Crippen MR) is 124 cm³/mol. The molecule has 0 amide bonds. The number of rotatable bonds is 8. The molecule has 3 N–H and O–H groups in total. The van der Waals surface area contributed by atoms with E-state index < -0.39 is 40.0 Å². The van der Waals surface area contributed by atoms with Gasteiger partial charge in [0.15, 0.2) is 0 Å². The first-order valence-corrected chi connectivity index (χ1v) is 12.0. The molecule has 0 heterocycles. The molecular formula is C24H20ClNO7S. The van der Waals surface area contributed by atoms with Crippen LogP contribution in [0.15, 0.2) is 77.7 Å². The molecule has 4 rings (SSSR count). The smallest absolute Gasteiger partial charge is 0.325 e. The molecule has 1 fully saturated rings. The third-order valence-electron chi connectivity index (χ3n) is 5.92. The lowest BCUT2D eigenvalue weighted by atomic mass is 10.1. The Kier molecular flexibility index (Phi) is 6.11. The second-order valence-electron chi connectivity index (χ2n) is 8.02. The zero-order chi connectivity index (χ0) is 24.7. The Labute approximate surface area is 200 Å². The predicted octanol–water partition coefficient (Wildman–Crippen LogP) is 3.80. The fourth-order valence-electron chi connectivity index (χ4n) is 4.16. The van der Waals surface area contributed by atoms with Crippen molar-refractivity contribution in [3.63, 3.8) is 0 Å². The fourth-order valence-corrected chi connectivity index (χ4v) is 6.01. The number of carboxylic acid groups (broad SMARTS) is 2. The van der Waals surface area contributed by atoms with Gasteiger partial charge in [0.25, 0.3) is 0 Å². The molecule has 34 heavy (non-hydrogen) atoms. The van der Waals surface area contributed by atoms with Crippen molar-refractivity contribution >= 4 is 33.6 Å². The zero-order valence-corrected chi connectivity index (χ0v) is 19.2. The molecule has 2 unspecified atom stereocenters. The topological polar surface area (TPSA) is 132 Å². The molecule has 0 aromatic heterocycles. The lowest BCUT2D eigenvalue weighted by molar-refractivity contribution is -0.145. The SMILES string of the molecule is O=C(O)CN(C1(C(=O)O)CC1c1cccc(O)c1)S(=O)(=O)c1ccc(-c2ccc(Cl)cc2)cc1. The van der Waals surface area contributed by atoms with Crippen LogP contribution in [0.1, 0.15) is 17.9 Å². The first-order valence-electron chi connectivity index (χ1n) is 10.2. The number of carbonyl (C=O) groups is 2. The van der Waals surface area contributed by atoms with Crippen LogP contribution in [0.25, 0.3) is 11.1 Å². The minimum absolute atomic E-state index is 0.103. The summed E-state index contributed by atoms with van der Waals surface area (Å²) < 4.78 is 27.6. The van der Waals surface area contributed by atoms with Crippen LogP contribution >= 0.6 is 11.6 Å². The molecule has 10 heteroatoms. The molecule has 0 spiro atoms. The van der Waals surface area contributed by atoms with Crippen molar-refractivity contribution in [2.75, 3.05) is 6.54 Å². The Balaban J connectivity index is 1.73. The van der Waals surface area contributed by atoms with E-state index in [4.69, 9.17) is 11.6 Å². The fraction of sp³-hybridized carbons (Fsp3) is 0.167. The van der Waals surface area contributed by atoms with Gasteiger partial charge in [-0.3, -0.25) is 9.59 Å². The summed E-state index contributed by atoms with van der Waals surface area (Å²) in [4.78, 5) is 23.7. The monoisotopic (exact) mass is 501 g/mol. The van der Waals surface area contributed by atoms with Crippen molar-refractivity contribution < 1.29 is 33.3 Å². The Morgan fingerprint density at radius 2 is 1.56 bits per heavy atom. The lowest BCUT2D eigenvalue weighted by Gasteiger charge is -2.28. The van der Waals surface area contributed by atoms with Crippen LogP contribution < -0.4 is 0 Å². The molecule has 2 atom stereocenters. The number of carboxylic acids is 2. The molecule has 0 bridgehead atoms. The van der Waals surface area contributed by atoms with Crippen LogP contribution in [0.3, 0.4) is 0 Å². The largest absolute Gasteiger partial charge is 0.508 e. The lowest BCUT2D eigenvalue weighted by Crippen LogP contribution is -2.50. The molecule has 3 aromatic rings. The highest BCUT2D eigenvalue weighted by Crippen LogP contribution is 2.57. The van der Waals surface area contributed by atoms with Gasteiger partial charge in [-0.2, -0.15) is 4.31 Å². The minimum atomic E-state index is -4.50. The van der Waals surface area contributed by atoms with Crippen molar-refractivity contribution in [3.8, 4) is 16.9 Å². The summed E-state index contributed by atoms with van der Waals surface area (Å²) in [6.45, 7) is -1.02. The van der Waals surface area contributed by atoms with Crippen LogP contribution in [-0.4, -0.2) is 52.1 Å². The van der Waals surface area contributed by atoms with Crippen LogP contribution in [0.4, 0.5) is 0 Å². The molecular weight excluding hydrogens is 482 g/mol. The van der Waals surface area contributed by atoms with Crippen LogP contribution in [-0.2, 0) is 19.6 Å². The van der Waals surface area contributed by atoms with Gasteiger partial charge in [0.2, 0.25) is 10.0 Å². The van der Waals surface area contributed by atoms with Crippen molar-refractivity contribution in [3.05, 3.63) is 83.4 Å². The summed E-state index contributed by atoms with van der Waals surface area (Å²) in [6, 6.07) is 18.5. The minimum Gasteiger partial charge on any atom is -0.508 e. The van der Waals surface area contributed by atoms with E-state index in [1.165, 1.54) is 30.3 Å². The Bertz CT molecular complexity index is 1360. The normalized spacial score (nSPS) is 19.6. The molecule has 0 aliphatic heterocycles. The van der Waals surface area contributed by atoms with Gasteiger partial charge in [0, 0.05) is 10.9 Å². The molecule has 1 aliphatic rings. The van der Waals surface area contributed by atoms with Crippen LogP contribution in [0.2, 0.25) is 5.02 Å². The van der Waals surface area contributed by atoms with E-state index in [1.807, 2.05) is 0 Å². The number of hydrogen-bond donors (Lipinski definition) is 3. The second-order valence-corrected chi connectivity index (χ2v) is 10.3. The highest BCUT2D eigenvalue weighted by atomic mass is 35.5. The zero-order valence-electron chi connectivity index (χ0n) is 17.6. The van der Waals surface area contributed by atoms with Crippen molar-refractivity contribution in [1.29, 1.82) is 0 Å². The first-order chi connectivity index (χ1) is 16.1. The van der Waals surface area contributed by atoms with E-state index in [-0.39, 0.29) is 17.1 Å². The number of nitrogens with zero attached hydrogens (tertiary/aromatic N) is 1. The summed E-state index contributed by atoms with van der Waals surface area (Å²) in [5, 5.41) is 29.8. The van der Waals surface area contributed by atoms with Gasteiger partial charge >= 0.3 is 11.9 Å². The summed E-state index contributed by atoms with van der Waals surface area (Å²) in [7, 11) is -4.50. The number of sulfonamides is 1. The maximum Gasteiger partial charge on any atom is 0.325 e. The van der Waals surface area contributed by atoms with Gasteiger partial charge < -0.3 is 15.3 Å². The number of phenolic OH excluding ortho intramolecular Hbond substituents is 1. The summed E-state index contributed by atoms with van der Waals surface area (Å²) >= 11 is 5.90. The Morgan fingerprint density at radius 1 is 0.971 bits per heavy atom. The molecule has 1 aliphatic carbocycles. The average Bonchev–Trinajstić information content (AvgIpc) is 3.55. The molecule has 3 aromatic carbocycles. The highest BCUT2D eigenvalue weighted by molar-refractivity contribution is 7.89. The van der Waals surface area contributed by atoms with Gasteiger partial charge in [-0.15, -0.1) is 0 Å². The molecule has 176 valence electrons. The van der Waals surface area contributed by atoms with Crippen molar-refractivity contribution in [1.82, 2.24) is 4.31 Å². The van der Waals surface area contributed by atoms with E-state index in [1.54, 1.807) is 42.5 Å².